The van der Waals surface area contributed by atoms with Gasteiger partial charge in [0.15, 0.2) is 0 Å². The first-order chi connectivity index (χ1) is 13.6. The van der Waals surface area contributed by atoms with Gasteiger partial charge in [-0.2, -0.15) is 5.11 Å². The maximum atomic E-state index is 14.2. The van der Waals surface area contributed by atoms with Crippen LogP contribution >= 0.6 is 0 Å². The smallest absolute Gasteiger partial charge is 0.319 e. The molecule has 1 saturated carbocycles. The Kier molecular flexibility index (Phi) is 5.50. The second kappa shape index (κ2) is 8.20. The third-order valence-electron chi connectivity index (χ3n) is 5.86. The molecule has 4 rings (SSSR count). The number of halogens is 1. The Hall–Kier alpha value is -2.57. The lowest BCUT2D eigenvalue weighted by Gasteiger charge is -2.26. The van der Waals surface area contributed by atoms with Crippen molar-refractivity contribution in [3.05, 3.63) is 40.7 Å². The van der Waals surface area contributed by atoms with Gasteiger partial charge in [0.2, 0.25) is 0 Å². The van der Waals surface area contributed by atoms with Crippen molar-refractivity contribution in [1.82, 2.24) is 5.32 Å². The molecular weight excluding hydrogens is 359 g/mol. The molecule has 1 aromatic rings. The Labute approximate surface area is 163 Å². The average molecular weight is 384 g/mol. The first-order valence-corrected chi connectivity index (χ1v) is 10.1. The topological polar surface area (TPSA) is 82.9 Å². The molecule has 148 valence electrons. The fraction of sp³-hybridized carbons (Fsp3) is 0.524. The van der Waals surface area contributed by atoms with E-state index in [0.29, 0.717) is 6.42 Å². The van der Waals surface area contributed by atoms with E-state index in [9.17, 15) is 14.0 Å². The monoisotopic (exact) mass is 384 g/mol. The number of carbonyl (C=O) groups excluding carboxylic acids is 2. The van der Waals surface area contributed by atoms with Gasteiger partial charge in [-0.25, -0.2) is 9.18 Å². The highest BCUT2D eigenvalue weighted by molar-refractivity contribution is 5.95. The molecule has 1 aromatic carbocycles. The van der Waals surface area contributed by atoms with E-state index in [-0.39, 0.29) is 29.7 Å². The third-order valence-corrected chi connectivity index (χ3v) is 5.86. The standard InChI is InChI=1S/C21H25FN4O2/c22-17-10-9-13(12-19(17)24-21(28)23-14-5-1-2-6-14)11-18-15-7-3-4-8-16(15)20(27)26-25-18/h9-10,12,14,18H,1-8,11H2,(H2,23,24,28). The van der Waals surface area contributed by atoms with Crippen LogP contribution in [-0.2, 0) is 11.2 Å². The van der Waals surface area contributed by atoms with Gasteiger partial charge in [0.25, 0.3) is 5.91 Å². The minimum Gasteiger partial charge on any atom is -0.335 e. The number of nitrogens with zero attached hydrogens (tertiary/aromatic N) is 2. The summed E-state index contributed by atoms with van der Waals surface area (Å²) in [7, 11) is 0. The summed E-state index contributed by atoms with van der Waals surface area (Å²) in [5.74, 6) is -0.681. The van der Waals surface area contributed by atoms with Crippen molar-refractivity contribution in [2.24, 2.45) is 10.2 Å². The molecule has 3 aliphatic rings. The quantitative estimate of drug-likeness (QED) is 0.791. The highest BCUT2D eigenvalue weighted by atomic mass is 19.1. The zero-order valence-electron chi connectivity index (χ0n) is 15.8. The molecule has 0 radical (unpaired) electrons. The van der Waals surface area contributed by atoms with E-state index < -0.39 is 5.82 Å². The zero-order chi connectivity index (χ0) is 19.5. The Bertz CT molecular complexity index is 843. The molecule has 2 aliphatic carbocycles. The van der Waals surface area contributed by atoms with E-state index in [1.54, 1.807) is 12.1 Å². The van der Waals surface area contributed by atoms with Crippen LogP contribution in [0.5, 0.6) is 0 Å². The van der Waals surface area contributed by atoms with Crippen LogP contribution in [0, 0.1) is 5.82 Å². The SMILES string of the molecule is O=C(Nc1cc(CC2N=NC(=O)C3=C2CCCC3)ccc1F)NC1CCCC1. The molecule has 3 amide bonds. The molecule has 28 heavy (non-hydrogen) atoms. The third kappa shape index (κ3) is 4.13. The minimum absolute atomic E-state index is 0.162. The molecule has 0 saturated heterocycles. The molecule has 1 unspecified atom stereocenters. The Morgan fingerprint density at radius 3 is 2.75 bits per heavy atom. The Morgan fingerprint density at radius 2 is 1.93 bits per heavy atom. The summed E-state index contributed by atoms with van der Waals surface area (Å²) in [4.78, 5) is 24.1. The van der Waals surface area contributed by atoms with Crippen molar-refractivity contribution in [3.63, 3.8) is 0 Å². The molecule has 2 N–H and O–H groups in total. The van der Waals surface area contributed by atoms with Crippen LogP contribution in [0.1, 0.15) is 56.9 Å². The van der Waals surface area contributed by atoms with Crippen LogP contribution in [0.4, 0.5) is 14.9 Å². The van der Waals surface area contributed by atoms with E-state index in [4.69, 9.17) is 0 Å². The molecular formula is C21H25FN4O2. The van der Waals surface area contributed by atoms with Gasteiger partial charge in [-0.1, -0.05) is 18.9 Å². The first kappa shape index (κ1) is 18.8. The van der Waals surface area contributed by atoms with Crippen molar-refractivity contribution in [2.45, 2.75) is 69.9 Å². The molecule has 0 bridgehead atoms. The van der Waals surface area contributed by atoms with Gasteiger partial charge in [0.1, 0.15) is 5.82 Å². The van der Waals surface area contributed by atoms with Gasteiger partial charge in [0, 0.05) is 18.0 Å². The van der Waals surface area contributed by atoms with E-state index >= 15 is 0 Å². The summed E-state index contributed by atoms with van der Waals surface area (Å²) in [5, 5.41) is 13.5. The van der Waals surface area contributed by atoms with Crippen molar-refractivity contribution in [1.29, 1.82) is 0 Å². The fourth-order valence-electron chi connectivity index (χ4n) is 4.39. The average Bonchev–Trinajstić information content (AvgIpc) is 3.20. The normalized spacial score (nSPS) is 22.3. The molecule has 6 nitrogen and oxygen atoms in total. The van der Waals surface area contributed by atoms with Gasteiger partial charge in [0.05, 0.1) is 11.7 Å². The van der Waals surface area contributed by atoms with Crippen LogP contribution in [0.2, 0.25) is 0 Å². The lowest BCUT2D eigenvalue weighted by atomic mass is 9.84. The van der Waals surface area contributed by atoms with Crippen molar-refractivity contribution in [3.8, 4) is 0 Å². The largest absolute Gasteiger partial charge is 0.335 e. The van der Waals surface area contributed by atoms with Crippen molar-refractivity contribution >= 4 is 17.6 Å². The molecule has 1 atom stereocenters. The Morgan fingerprint density at radius 1 is 1.14 bits per heavy atom. The van der Waals surface area contributed by atoms with Crippen molar-refractivity contribution < 1.29 is 14.0 Å². The van der Waals surface area contributed by atoms with E-state index in [0.717, 1.165) is 68.1 Å². The number of rotatable bonds is 4. The van der Waals surface area contributed by atoms with Gasteiger partial charge in [-0.15, -0.1) is 5.11 Å². The molecule has 0 spiro atoms. The minimum atomic E-state index is -0.469. The molecule has 0 aromatic heterocycles. The molecule has 1 fully saturated rings. The van der Waals surface area contributed by atoms with Crippen LogP contribution in [0.3, 0.4) is 0 Å². The number of benzene rings is 1. The van der Waals surface area contributed by atoms with Crippen molar-refractivity contribution in [2.75, 3.05) is 5.32 Å². The summed E-state index contributed by atoms with van der Waals surface area (Å²) in [5.41, 5.74) is 2.90. The number of urea groups is 1. The number of carbonyl (C=O) groups is 2. The summed E-state index contributed by atoms with van der Waals surface area (Å²) in [6.07, 6.45) is 8.40. The Balaban J connectivity index is 1.46. The highest BCUT2D eigenvalue weighted by Crippen LogP contribution is 2.34. The summed E-state index contributed by atoms with van der Waals surface area (Å²) >= 11 is 0. The number of hydrogen-bond donors (Lipinski definition) is 2. The fourth-order valence-corrected chi connectivity index (χ4v) is 4.39. The first-order valence-electron chi connectivity index (χ1n) is 10.1. The molecule has 1 aliphatic heterocycles. The maximum Gasteiger partial charge on any atom is 0.319 e. The molecule has 7 heteroatoms. The van der Waals surface area contributed by atoms with Gasteiger partial charge >= 0.3 is 6.03 Å². The molecule has 1 heterocycles. The van der Waals surface area contributed by atoms with Crippen LogP contribution in [0.15, 0.2) is 39.6 Å². The number of hydrogen-bond acceptors (Lipinski definition) is 3. The van der Waals surface area contributed by atoms with E-state index in [2.05, 4.69) is 20.9 Å². The predicted octanol–water partition coefficient (Wildman–Crippen LogP) is 4.66. The van der Waals surface area contributed by atoms with E-state index in [1.807, 2.05) is 0 Å². The number of azo groups is 1. The number of nitrogens with one attached hydrogen (secondary N) is 2. The van der Waals surface area contributed by atoms with Gasteiger partial charge in [-0.05, 0) is 61.8 Å². The van der Waals surface area contributed by atoms with E-state index in [1.165, 1.54) is 6.07 Å². The van der Waals surface area contributed by atoms with Gasteiger partial charge < -0.3 is 10.6 Å². The van der Waals surface area contributed by atoms with Crippen LogP contribution in [0.25, 0.3) is 0 Å². The predicted molar refractivity (Wildman–Crippen MR) is 104 cm³/mol. The number of anilines is 1. The summed E-state index contributed by atoms with van der Waals surface area (Å²) in [6.45, 7) is 0. The summed E-state index contributed by atoms with van der Waals surface area (Å²) in [6, 6.07) is 4.33. The lowest BCUT2D eigenvalue weighted by molar-refractivity contribution is -0.115. The second-order valence-electron chi connectivity index (χ2n) is 7.85. The zero-order valence-corrected chi connectivity index (χ0v) is 15.8. The van der Waals surface area contributed by atoms with Gasteiger partial charge in [-0.3, -0.25) is 4.79 Å². The lowest BCUT2D eigenvalue weighted by Crippen LogP contribution is -2.36. The summed E-state index contributed by atoms with van der Waals surface area (Å²) < 4.78 is 14.2. The second-order valence-corrected chi connectivity index (χ2v) is 7.85. The highest BCUT2D eigenvalue weighted by Gasteiger charge is 2.29. The number of amides is 3. The van der Waals surface area contributed by atoms with Crippen LogP contribution in [-0.4, -0.2) is 24.0 Å². The maximum absolute atomic E-state index is 14.2. The van der Waals surface area contributed by atoms with Crippen LogP contribution < -0.4 is 10.6 Å².